The lowest BCUT2D eigenvalue weighted by Gasteiger charge is -2.07. The molecule has 0 saturated carbocycles. The van der Waals surface area contributed by atoms with Gasteiger partial charge in [-0.1, -0.05) is 29.4 Å². The molecule has 1 amide bonds. The maximum Gasteiger partial charge on any atom is 0.471 e. The van der Waals surface area contributed by atoms with E-state index in [0.717, 1.165) is 5.39 Å². The van der Waals surface area contributed by atoms with E-state index in [2.05, 4.69) is 25.0 Å². The van der Waals surface area contributed by atoms with E-state index in [4.69, 9.17) is 9.15 Å². The first-order chi connectivity index (χ1) is 14.4. The molecule has 0 aliphatic rings. The standard InChI is InChI=1S/C19H13F3N4O4/c20-19(21,22)17-25-16(26-30-17)12-3-1-11(2-4-12)7-24-18(27)29-10-14-9-23-8-13-5-6-28-15(13)14/h1-6,8-9H,7,10H2,(H,24,27). The molecule has 0 aliphatic carbocycles. The Labute approximate surface area is 166 Å². The minimum Gasteiger partial charge on any atom is -0.464 e. The van der Waals surface area contributed by atoms with Crippen LogP contribution >= 0.6 is 0 Å². The average molecular weight is 418 g/mol. The van der Waals surface area contributed by atoms with Gasteiger partial charge in [0.25, 0.3) is 0 Å². The summed E-state index contributed by atoms with van der Waals surface area (Å²) in [5.74, 6) is -1.59. The summed E-state index contributed by atoms with van der Waals surface area (Å²) in [6, 6.07) is 8.04. The highest BCUT2D eigenvalue weighted by atomic mass is 19.4. The van der Waals surface area contributed by atoms with Crippen LogP contribution in [0.15, 0.2) is 57.9 Å². The summed E-state index contributed by atoms with van der Waals surface area (Å²) < 4.78 is 52.3. The molecule has 0 bridgehead atoms. The first-order valence-corrected chi connectivity index (χ1v) is 8.61. The number of rotatable bonds is 5. The van der Waals surface area contributed by atoms with E-state index in [9.17, 15) is 18.0 Å². The first-order valence-electron chi connectivity index (χ1n) is 8.61. The fourth-order valence-electron chi connectivity index (χ4n) is 2.65. The Morgan fingerprint density at radius 1 is 1.13 bits per heavy atom. The normalized spacial score (nSPS) is 11.6. The van der Waals surface area contributed by atoms with Gasteiger partial charge >= 0.3 is 18.2 Å². The second-order valence-corrected chi connectivity index (χ2v) is 6.19. The molecular formula is C19H13F3N4O4. The lowest BCUT2D eigenvalue weighted by Crippen LogP contribution is -2.23. The Bertz CT molecular complexity index is 1170. The number of alkyl halides is 3. The molecule has 0 radical (unpaired) electrons. The third-order valence-electron chi connectivity index (χ3n) is 4.11. The number of carbonyl (C=O) groups is 1. The number of hydrogen-bond acceptors (Lipinski definition) is 7. The van der Waals surface area contributed by atoms with E-state index >= 15 is 0 Å². The molecular weight excluding hydrogens is 405 g/mol. The monoisotopic (exact) mass is 418 g/mol. The summed E-state index contributed by atoms with van der Waals surface area (Å²) in [5, 5.41) is 6.71. The zero-order valence-electron chi connectivity index (χ0n) is 15.1. The molecule has 0 fully saturated rings. The minimum atomic E-state index is -4.70. The molecule has 0 unspecified atom stereocenters. The van der Waals surface area contributed by atoms with Crippen LogP contribution in [0.1, 0.15) is 17.0 Å². The van der Waals surface area contributed by atoms with Gasteiger partial charge in [-0.05, 0) is 11.6 Å². The van der Waals surface area contributed by atoms with Crippen molar-refractivity contribution in [3.05, 3.63) is 66.0 Å². The predicted octanol–water partition coefficient (Wildman–Crippen LogP) is 4.32. The molecule has 1 N–H and O–H groups in total. The van der Waals surface area contributed by atoms with E-state index in [0.29, 0.717) is 22.3 Å². The molecule has 4 aromatic rings. The van der Waals surface area contributed by atoms with Gasteiger partial charge in [0.2, 0.25) is 5.82 Å². The van der Waals surface area contributed by atoms with Gasteiger partial charge in [-0.2, -0.15) is 18.2 Å². The van der Waals surface area contributed by atoms with Gasteiger partial charge in [-0.3, -0.25) is 4.98 Å². The van der Waals surface area contributed by atoms with Crippen LogP contribution in [0.25, 0.3) is 22.4 Å². The lowest BCUT2D eigenvalue weighted by atomic mass is 10.1. The number of ether oxygens (including phenoxy) is 1. The summed E-state index contributed by atoms with van der Waals surface area (Å²) in [5.41, 5.74) is 2.28. The highest BCUT2D eigenvalue weighted by Crippen LogP contribution is 2.29. The van der Waals surface area contributed by atoms with Crippen LogP contribution in [0.2, 0.25) is 0 Å². The number of furan rings is 1. The number of halogens is 3. The van der Waals surface area contributed by atoms with E-state index in [-0.39, 0.29) is 19.0 Å². The summed E-state index contributed by atoms with van der Waals surface area (Å²) in [6.45, 7) is 0.143. The number of fused-ring (bicyclic) bond motifs is 1. The Kier molecular flexibility index (Phi) is 5.09. The molecule has 3 aromatic heterocycles. The van der Waals surface area contributed by atoms with Crippen LogP contribution in [-0.2, 0) is 24.1 Å². The smallest absolute Gasteiger partial charge is 0.464 e. The number of aromatic nitrogens is 3. The van der Waals surface area contributed by atoms with Gasteiger partial charge in [0.05, 0.1) is 11.8 Å². The number of nitrogens with one attached hydrogen (secondary N) is 1. The molecule has 8 nitrogen and oxygen atoms in total. The molecule has 1 aromatic carbocycles. The van der Waals surface area contributed by atoms with Crippen molar-refractivity contribution in [3.63, 3.8) is 0 Å². The molecule has 0 spiro atoms. The van der Waals surface area contributed by atoms with Crippen molar-refractivity contribution in [2.45, 2.75) is 19.3 Å². The van der Waals surface area contributed by atoms with Crippen LogP contribution in [0.5, 0.6) is 0 Å². The fourth-order valence-corrected chi connectivity index (χ4v) is 2.65. The largest absolute Gasteiger partial charge is 0.471 e. The van der Waals surface area contributed by atoms with Crippen molar-refractivity contribution >= 4 is 17.1 Å². The second kappa shape index (κ2) is 7.85. The van der Waals surface area contributed by atoms with Crippen LogP contribution in [0.3, 0.4) is 0 Å². The Morgan fingerprint density at radius 3 is 2.67 bits per heavy atom. The van der Waals surface area contributed by atoms with Crippen molar-refractivity contribution in [2.75, 3.05) is 0 Å². The van der Waals surface area contributed by atoms with Gasteiger partial charge < -0.3 is 19.0 Å². The maximum atomic E-state index is 12.5. The third kappa shape index (κ3) is 4.24. The number of hydrogen-bond donors (Lipinski definition) is 1. The van der Waals surface area contributed by atoms with Crippen molar-refractivity contribution < 1.29 is 31.6 Å². The Hall–Kier alpha value is -3.89. The number of alkyl carbamates (subject to hydrolysis) is 1. The van der Waals surface area contributed by atoms with Gasteiger partial charge in [-0.15, -0.1) is 0 Å². The number of nitrogens with zero attached hydrogens (tertiary/aromatic N) is 3. The lowest BCUT2D eigenvalue weighted by molar-refractivity contribution is -0.159. The molecule has 30 heavy (non-hydrogen) atoms. The summed E-state index contributed by atoms with van der Waals surface area (Å²) in [7, 11) is 0. The van der Waals surface area contributed by atoms with Gasteiger partial charge in [0.15, 0.2) is 0 Å². The number of amides is 1. The molecule has 154 valence electrons. The van der Waals surface area contributed by atoms with E-state index in [1.165, 1.54) is 18.4 Å². The topological polar surface area (TPSA) is 103 Å². The minimum absolute atomic E-state index is 0.0119. The molecule has 11 heteroatoms. The first kappa shape index (κ1) is 19.4. The maximum absolute atomic E-state index is 12.5. The van der Waals surface area contributed by atoms with E-state index < -0.39 is 18.2 Å². The van der Waals surface area contributed by atoms with Crippen LogP contribution in [0, 0.1) is 0 Å². The number of pyridine rings is 1. The van der Waals surface area contributed by atoms with Crippen molar-refractivity contribution in [3.8, 4) is 11.4 Å². The summed E-state index contributed by atoms with van der Waals surface area (Å²) in [6.07, 6.45) is -0.619. The second-order valence-electron chi connectivity index (χ2n) is 6.19. The molecule has 4 rings (SSSR count). The zero-order valence-corrected chi connectivity index (χ0v) is 15.1. The van der Waals surface area contributed by atoms with Crippen molar-refractivity contribution in [1.82, 2.24) is 20.4 Å². The van der Waals surface area contributed by atoms with Crippen LogP contribution < -0.4 is 5.32 Å². The quantitative estimate of drug-likeness (QED) is 0.515. The average Bonchev–Trinajstić information content (AvgIpc) is 3.40. The molecule has 0 atom stereocenters. The number of carbonyl (C=O) groups excluding carboxylic acids is 1. The van der Waals surface area contributed by atoms with Crippen molar-refractivity contribution in [1.29, 1.82) is 0 Å². The highest BCUT2D eigenvalue weighted by Gasteiger charge is 2.38. The van der Waals surface area contributed by atoms with Crippen LogP contribution in [-0.4, -0.2) is 21.2 Å². The number of benzene rings is 1. The van der Waals surface area contributed by atoms with E-state index in [1.807, 2.05) is 0 Å². The zero-order chi connectivity index (χ0) is 21.1. The Morgan fingerprint density at radius 2 is 1.93 bits per heavy atom. The summed E-state index contributed by atoms with van der Waals surface area (Å²) >= 11 is 0. The van der Waals surface area contributed by atoms with Gasteiger partial charge in [0.1, 0.15) is 12.2 Å². The molecule has 0 aliphatic heterocycles. The Balaban J connectivity index is 1.31. The predicted molar refractivity (Wildman–Crippen MR) is 95.8 cm³/mol. The van der Waals surface area contributed by atoms with Gasteiger partial charge in [-0.25, -0.2) is 4.79 Å². The summed E-state index contributed by atoms with van der Waals surface area (Å²) in [4.78, 5) is 19.3. The molecule has 0 saturated heterocycles. The highest BCUT2D eigenvalue weighted by molar-refractivity contribution is 5.79. The fraction of sp³-hybridized carbons (Fsp3) is 0.158. The molecule has 3 heterocycles. The van der Waals surface area contributed by atoms with Gasteiger partial charge in [0, 0.05) is 29.9 Å². The third-order valence-corrected chi connectivity index (χ3v) is 4.11. The van der Waals surface area contributed by atoms with Crippen molar-refractivity contribution in [2.24, 2.45) is 0 Å². The van der Waals surface area contributed by atoms with E-state index in [1.54, 1.807) is 30.6 Å². The van der Waals surface area contributed by atoms with Crippen LogP contribution in [0.4, 0.5) is 18.0 Å². The SMILES string of the molecule is O=C(NCc1ccc(-c2noc(C(F)(F)F)n2)cc1)OCc1cncc2ccoc12.